The van der Waals surface area contributed by atoms with Crippen LogP contribution in [0.2, 0.25) is 0 Å². The number of carbonyl (C=O) groups excluding carboxylic acids is 3. The van der Waals surface area contributed by atoms with Gasteiger partial charge >= 0.3 is 17.9 Å². The summed E-state index contributed by atoms with van der Waals surface area (Å²) in [5, 5.41) is 38.8. The molecule has 18 heteroatoms. The van der Waals surface area contributed by atoms with Gasteiger partial charge in [-0.25, -0.2) is 0 Å². The van der Waals surface area contributed by atoms with Crippen LogP contribution in [0.1, 0.15) is 114 Å². The van der Waals surface area contributed by atoms with E-state index in [1.165, 1.54) is 14.0 Å². The summed E-state index contributed by atoms with van der Waals surface area (Å²) >= 11 is 0. The van der Waals surface area contributed by atoms with Crippen LogP contribution in [0.25, 0.3) is 0 Å². The number of aliphatic hydroxyl groups is 3. The molecule has 18 nitrogen and oxygen atoms in total. The summed E-state index contributed by atoms with van der Waals surface area (Å²) in [7, 11) is 5.03. The van der Waals surface area contributed by atoms with Gasteiger partial charge in [0.2, 0.25) is 0 Å². The normalized spacial score (nSPS) is 36.5. The van der Waals surface area contributed by atoms with Crippen LogP contribution < -0.4 is 5.32 Å². The number of allylic oxidation sites excluding steroid dienone is 2. The number of esters is 3. The Kier molecular flexibility index (Phi) is 26.6. The average Bonchev–Trinajstić information content (AvgIpc) is 3.23. The third kappa shape index (κ3) is 19.9. The van der Waals surface area contributed by atoms with Gasteiger partial charge in [-0.1, -0.05) is 58.4 Å². The second-order valence-corrected chi connectivity index (χ2v) is 19.7. The standard InChI is InChI=1S/C50H88N2O16/c1-13-14-23-60-25-26-61-24-22-51-21-20-37-28-32(4)38(54)19-17-15-16-18-33(5)62-41(56)29-39(65-36(8)53)47(59-12)46(37)68-49-44(57)43(52(10)11)45(34(6)64-49)67-42-30-50(9,58)48(35(7)63-42)66-40(55)27-31(2)3/h15-17,19,31-35,37-39,42-49,51,54,57-58H,13-14,18,20-30H2,1-12H3/b16-15+,19-17+/t32-,33-,34-,35+,37?,38+,39?,42+,43-,44-,45-,46+,47+,48+,49+,50-/m1/s1. The first kappa shape index (κ1) is 59.7. The molecule has 2 fully saturated rings. The summed E-state index contributed by atoms with van der Waals surface area (Å²) in [5.74, 6) is -2.37. The third-order valence-corrected chi connectivity index (χ3v) is 12.6. The summed E-state index contributed by atoms with van der Waals surface area (Å²) in [5.41, 5.74) is -1.50. The second-order valence-electron chi connectivity index (χ2n) is 19.7. The third-order valence-electron chi connectivity index (χ3n) is 12.6. The van der Waals surface area contributed by atoms with Gasteiger partial charge < -0.3 is 72.9 Å². The molecular formula is C50H88N2O16. The number of hydrogen-bond donors (Lipinski definition) is 4. The lowest BCUT2D eigenvalue weighted by Crippen LogP contribution is -2.66. The van der Waals surface area contributed by atoms with E-state index in [-0.39, 0.29) is 31.1 Å². The Morgan fingerprint density at radius 2 is 1.65 bits per heavy atom. The largest absolute Gasteiger partial charge is 0.462 e. The minimum atomic E-state index is -1.50. The zero-order valence-corrected chi connectivity index (χ0v) is 43.0. The Labute approximate surface area is 406 Å². The molecule has 3 heterocycles. The summed E-state index contributed by atoms with van der Waals surface area (Å²) in [6.07, 6.45) is -1.16. The fraction of sp³-hybridized carbons (Fsp3) is 0.860. The monoisotopic (exact) mass is 973 g/mol. The highest BCUT2D eigenvalue weighted by molar-refractivity contribution is 5.72. The number of aliphatic hydroxyl groups excluding tert-OH is 2. The lowest BCUT2D eigenvalue weighted by Gasteiger charge is -2.50. The van der Waals surface area contributed by atoms with E-state index in [0.29, 0.717) is 58.8 Å². The van der Waals surface area contributed by atoms with Gasteiger partial charge in [0.05, 0.1) is 56.7 Å². The highest BCUT2D eigenvalue weighted by atomic mass is 16.7. The van der Waals surface area contributed by atoms with Crippen LogP contribution in [-0.4, -0.2) is 184 Å². The highest BCUT2D eigenvalue weighted by Crippen LogP contribution is 2.38. The van der Waals surface area contributed by atoms with E-state index < -0.39 is 109 Å². The minimum Gasteiger partial charge on any atom is -0.462 e. The van der Waals surface area contributed by atoms with Gasteiger partial charge in [-0.15, -0.1) is 0 Å². The highest BCUT2D eigenvalue weighted by Gasteiger charge is 2.53. The Hall–Kier alpha value is -2.59. The van der Waals surface area contributed by atoms with E-state index in [9.17, 15) is 29.7 Å². The van der Waals surface area contributed by atoms with Crippen molar-refractivity contribution in [3.05, 3.63) is 24.3 Å². The molecule has 0 aliphatic carbocycles. The molecule has 68 heavy (non-hydrogen) atoms. The van der Waals surface area contributed by atoms with Crippen molar-refractivity contribution in [2.45, 2.75) is 199 Å². The zero-order valence-electron chi connectivity index (χ0n) is 43.0. The molecule has 394 valence electrons. The Balaban J connectivity index is 1.98. The molecular weight excluding hydrogens is 885 g/mol. The zero-order chi connectivity index (χ0) is 50.6. The number of likely N-dealkylation sites (N-methyl/N-ethyl adjacent to an activating group) is 1. The Morgan fingerprint density at radius 3 is 2.28 bits per heavy atom. The topological polar surface area (TPSA) is 219 Å². The number of nitrogens with zero attached hydrogens (tertiary/aromatic N) is 1. The Bertz CT molecular complexity index is 1530. The van der Waals surface area contributed by atoms with E-state index in [2.05, 4.69) is 12.2 Å². The molecule has 2 saturated heterocycles. The number of rotatable bonds is 22. The minimum absolute atomic E-state index is 0.0302. The molecule has 0 radical (unpaired) electrons. The molecule has 3 aliphatic rings. The van der Waals surface area contributed by atoms with Gasteiger partial charge in [0, 0.05) is 46.4 Å². The van der Waals surface area contributed by atoms with Gasteiger partial charge in [0.1, 0.15) is 36.1 Å². The maximum absolute atomic E-state index is 13.5. The Morgan fingerprint density at radius 1 is 0.941 bits per heavy atom. The number of ether oxygens (including phenoxy) is 10. The first-order valence-corrected chi connectivity index (χ1v) is 24.8. The molecule has 0 aromatic heterocycles. The van der Waals surface area contributed by atoms with Crippen LogP contribution in [0.3, 0.4) is 0 Å². The van der Waals surface area contributed by atoms with Crippen molar-refractivity contribution in [2.75, 3.05) is 60.7 Å². The summed E-state index contributed by atoms with van der Waals surface area (Å²) in [4.78, 5) is 40.7. The first-order valence-electron chi connectivity index (χ1n) is 24.8. The molecule has 0 bridgehead atoms. The van der Waals surface area contributed by atoms with Gasteiger partial charge in [-0.2, -0.15) is 0 Å². The average molecular weight is 973 g/mol. The lowest BCUT2D eigenvalue weighted by molar-refractivity contribution is -0.344. The smallest absolute Gasteiger partial charge is 0.309 e. The van der Waals surface area contributed by atoms with Gasteiger partial charge in [-0.05, 0) is 85.4 Å². The SMILES string of the molecule is CCCCOCCOCCNCCC1C[C@@H](C)[C@@H](O)/C=C/C=C/C[C@@H](C)OC(=O)CC(OC(C)=O)[C@H](OC)[C@H]1O[C@@H]1O[C@H](C)[C@@H](O[C@H]2C[C@@](C)(O)[C@@H](OC(=O)CC(C)C)[C@H](C)O2)[C@H](N(C)C)[C@H]1O. The maximum Gasteiger partial charge on any atom is 0.309 e. The van der Waals surface area contributed by atoms with Crippen LogP contribution in [0.5, 0.6) is 0 Å². The first-order chi connectivity index (χ1) is 32.2. The second kappa shape index (κ2) is 30.3. The molecule has 0 aromatic rings. The predicted octanol–water partition coefficient (Wildman–Crippen LogP) is 4.24. The molecule has 2 unspecified atom stereocenters. The van der Waals surface area contributed by atoms with Crippen LogP contribution in [0.15, 0.2) is 24.3 Å². The van der Waals surface area contributed by atoms with E-state index in [0.717, 1.165) is 12.8 Å². The number of unbranched alkanes of at least 4 members (excludes halogenated alkanes) is 1. The number of methoxy groups -OCH3 is 1. The number of hydrogen-bond acceptors (Lipinski definition) is 18. The summed E-state index contributed by atoms with van der Waals surface area (Å²) in [6, 6.07) is -0.752. The maximum atomic E-state index is 13.5. The molecule has 3 rings (SSSR count). The van der Waals surface area contributed by atoms with Crippen LogP contribution in [0.4, 0.5) is 0 Å². The van der Waals surface area contributed by atoms with E-state index in [1.807, 2.05) is 26.8 Å². The van der Waals surface area contributed by atoms with Crippen molar-refractivity contribution in [3.8, 4) is 0 Å². The predicted molar refractivity (Wildman–Crippen MR) is 253 cm³/mol. The van der Waals surface area contributed by atoms with Crippen LogP contribution >= 0.6 is 0 Å². The quantitative estimate of drug-likeness (QED) is 0.0678. The number of nitrogens with one attached hydrogen (secondary N) is 1. The van der Waals surface area contributed by atoms with Crippen molar-refractivity contribution >= 4 is 17.9 Å². The summed E-state index contributed by atoms with van der Waals surface area (Å²) < 4.78 is 61.2. The molecule has 0 aromatic carbocycles. The molecule has 0 amide bonds. The molecule has 0 spiro atoms. The van der Waals surface area contributed by atoms with Crippen LogP contribution in [0, 0.1) is 17.8 Å². The molecule has 3 aliphatic heterocycles. The molecule has 4 N–H and O–H groups in total. The van der Waals surface area contributed by atoms with E-state index in [4.69, 9.17) is 47.4 Å². The van der Waals surface area contributed by atoms with Crippen LogP contribution in [-0.2, 0) is 61.8 Å². The van der Waals surface area contributed by atoms with Crippen molar-refractivity contribution < 1.29 is 77.1 Å². The number of cyclic esters (lactones) is 1. The lowest BCUT2D eigenvalue weighted by atomic mass is 9.82. The fourth-order valence-electron chi connectivity index (χ4n) is 9.13. The van der Waals surface area contributed by atoms with Crippen molar-refractivity contribution in [1.82, 2.24) is 10.2 Å². The molecule has 16 atom stereocenters. The number of carbonyl (C=O) groups is 3. The van der Waals surface area contributed by atoms with E-state index in [1.54, 1.807) is 64.9 Å². The van der Waals surface area contributed by atoms with Crippen molar-refractivity contribution in [1.29, 1.82) is 0 Å². The van der Waals surface area contributed by atoms with E-state index >= 15 is 0 Å². The van der Waals surface area contributed by atoms with Crippen molar-refractivity contribution in [3.63, 3.8) is 0 Å². The fourth-order valence-corrected chi connectivity index (χ4v) is 9.13. The van der Waals surface area contributed by atoms with Gasteiger partial charge in [0.25, 0.3) is 0 Å². The van der Waals surface area contributed by atoms with Gasteiger partial charge in [-0.3, -0.25) is 14.4 Å². The van der Waals surface area contributed by atoms with Gasteiger partial charge in [0.15, 0.2) is 18.7 Å². The molecule has 0 saturated carbocycles. The van der Waals surface area contributed by atoms with Crippen molar-refractivity contribution in [2.24, 2.45) is 17.8 Å². The summed E-state index contributed by atoms with van der Waals surface area (Å²) in [6.45, 7) is 19.1.